The second-order valence-corrected chi connectivity index (χ2v) is 7.23. The minimum Gasteiger partial charge on any atom is -0.340 e. The van der Waals surface area contributed by atoms with Crippen LogP contribution in [0.4, 0.5) is 21.6 Å². The van der Waals surface area contributed by atoms with E-state index < -0.39 is 0 Å². The van der Waals surface area contributed by atoms with Crippen LogP contribution in [0, 0.1) is 19.7 Å². The number of halogens is 1. The summed E-state index contributed by atoms with van der Waals surface area (Å²) in [5, 5.41) is 6.12. The van der Waals surface area contributed by atoms with Gasteiger partial charge in [-0.1, -0.05) is 6.07 Å². The molecule has 0 saturated carbocycles. The van der Waals surface area contributed by atoms with Gasteiger partial charge >= 0.3 is 0 Å². The third-order valence-corrected chi connectivity index (χ3v) is 4.94. The van der Waals surface area contributed by atoms with Crippen LogP contribution in [0.3, 0.4) is 0 Å². The van der Waals surface area contributed by atoms with Crippen molar-refractivity contribution in [3.05, 3.63) is 102 Å². The molecule has 0 spiro atoms. The van der Waals surface area contributed by atoms with Gasteiger partial charge in [0.2, 0.25) is 0 Å². The van der Waals surface area contributed by atoms with Crippen molar-refractivity contribution in [1.29, 1.82) is 0 Å². The number of amides is 1. The summed E-state index contributed by atoms with van der Waals surface area (Å²) in [6, 6.07) is 20.7. The van der Waals surface area contributed by atoms with Crippen LogP contribution in [0.5, 0.6) is 0 Å². The van der Waals surface area contributed by atoms with Gasteiger partial charge in [0.15, 0.2) is 5.82 Å². The second-order valence-electron chi connectivity index (χ2n) is 7.23. The van der Waals surface area contributed by atoms with Gasteiger partial charge in [-0.15, -0.1) is 0 Å². The van der Waals surface area contributed by atoms with E-state index >= 15 is 0 Å². The Hall–Kier alpha value is -4.06. The van der Waals surface area contributed by atoms with Crippen molar-refractivity contribution in [2.75, 3.05) is 10.6 Å². The molecule has 5 nitrogen and oxygen atoms in total. The van der Waals surface area contributed by atoms with Crippen molar-refractivity contribution in [3.8, 4) is 11.4 Å². The van der Waals surface area contributed by atoms with Crippen molar-refractivity contribution in [2.45, 2.75) is 13.8 Å². The molecule has 4 rings (SSSR count). The predicted octanol–water partition coefficient (Wildman–Crippen LogP) is 5.90. The summed E-state index contributed by atoms with van der Waals surface area (Å²) in [6.45, 7) is 4.05. The Morgan fingerprint density at radius 3 is 2.26 bits per heavy atom. The Kier molecular flexibility index (Phi) is 5.71. The molecule has 0 radical (unpaired) electrons. The van der Waals surface area contributed by atoms with E-state index in [1.165, 1.54) is 17.7 Å². The number of aromatic nitrogens is 2. The smallest absolute Gasteiger partial charge is 0.255 e. The summed E-state index contributed by atoms with van der Waals surface area (Å²) in [5.74, 6) is 0.617. The molecule has 154 valence electrons. The Morgan fingerprint density at radius 1 is 0.839 bits per heavy atom. The van der Waals surface area contributed by atoms with Gasteiger partial charge in [0.1, 0.15) is 11.6 Å². The van der Waals surface area contributed by atoms with E-state index in [4.69, 9.17) is 0 Å². The number of carbonyl (C=O) groups excluding carboxylic acids is 1. The zero-order valence-electron chi connectivity index (χ0n) is 17.2. The molecule has 0 aliphatic heterocycles. The van der Waals surface area contributed by atoms with Gasteiger partial charge in [0.05, 0.1) is 0 Å². The van der Waals surface area contributed by atoms with E-state index in [1.54, 1.807) is 36.5 Å². The Bertz CT molecular complexity index is 1220. The third-order valence-electron chi connectivity index (χ3n) is 4.94. The zero-order chi connectivity index (χ0) is 21.8. The number of anilines is 3. The van der Waals surface area contributed by atoms with Crippen LogP contribution < -0.4 is 10.6 Å². The summed E-state index contributed by atoms with van der Waals surface area (Å²) in [4.78, 5) is 21.2. The molecule has 31 heavy (non-hydrogen) atoms. The fraction of sp³-hybridized carbons (Fsp3) is 0.0800. The van der Waals surface area contributed by atoms with Crippen LogP contribution in [-0.2, 0) is 0 Å². The van der Waals surface area contributed by atoms with Crippen LogP contribution >= 0.6 is 0 Å². The lowest BCUT2D eigenvalue weighted by molar-refractivity contribution is 0.102. The highest BCUT2D eigenvalue weighted by Crippen LogP contribution is 2.20. The predicted molar refractivity (Wildman–Crippen MR) is 121 cm³/mol. The number of benzene rings is 3. The van der Waals surface area contributed by atoms with Crippen LogP contribution in [0.25, 0.3) is 11.4 Å². The van der Waals surface area contributed by atoms with Gasteiger partial charge in [-0.2, -0.15) is 0 Å². The third kappa shape index (κ3) is 4.93. The van der Waals surface area contributed by atoms with Crippen molar-refractivity contribution in [2.24, 2.45) is 0 Å². The van der Waals surface area contributed by atoms with Gasteiger partial charge in [-0.3, -0.25) is 4.79 Å². The first kappa shape index (κ1) is 20.2. The first-order valence-corrected chi connectivity index (χ1v) is 9.82. The molecule has 1 amide bonds. The lowest BCUT2D eigenvalue weighted by atomic mass is 10.1. The molecule has 0 bridgehead atoms. The fourth-order valence-electron chi connectivity index (χ4n) is 3.04. The zero-order valence-corrected chi connectivity index (χ0v) is 17.2. The van der Waals surface area contributed by atoms with Crippen LogP contribution in [-0.4, -0.2) is 15.9 Å². The quantitative estimate of drug-likeness (QED) is 0.429. The molecule has 0 aliphatic carbocycles. The van der Waals surface area contributed by atoms with E-state index in [0.717, 1.165) is 22.5 Å². The molecule has 3 aromatic carbocycles. The maximum absolute atomic E-state index is 13.1. The number of nitrogens with zero attached hydrogens (tertiary/aromatic N) is 2. The van der Waals surface area contributed by atoms with Crippen molar-refractivity contribution in [3.63, 3.8) is 0 Å². The number of rotatable bonds is 5. The first-order valence-electron chi connectivity index (χ1n) is 9.82. The molecule has 2 N–H and O–H groups in total. The van der Waals surface area contributed by atoms with Gasteiger partial charge in [0, 0.05) is 28.7 Å². The van der Waals surface area contributed by atoms with Gasteiger partial charge in [0.25, 0.3) is 5.91 Å². The van der Waals surface area contributed by atoms with Crippen LogP contribution in [0.1, 0.15) is 21.5 Å². The van der Waals surface area contributed by atoms with E-state index in [2.05, 4.69) is 20.6 Å². The minimum absolute atomic E-state index is 0.171. The molecule has 1 aromatic heterocycles. The Labute approximate surface area is 180 Å². The molecule has 0 aliphatic rings. The van der Waals surface area contributed by atoms with E-state index in [-0.39, 0.29) is 11.7 Å². The number of nitrogens with one attached hydrogen (secondary N) is 2. The molecule has 0 fully saturated rings. The minimum atomic E-state index is -0.306. The summed E-state index contributed by atoms with van der Waals surface area (Å²) in [7, 11) is 0. The van der Waals surface area contributed by atoms with Crippen LogP contribution in [0.2, 0.25) is 0 Å². The van der Waals surface area contributed by atoms with Gasteiger partial charge < -0.3 is 10.6 Å². The van der Waals surface area contributed by atoms with Crippen LogP contribution in [0.15, 0.2) is 79.0 Å². The van der Waals surface area contributed by atoms with Crippen molar-refractivity contribution < 1.29 is 9.18 Å². The second kappa shape index (κ2) is 8.75. The van der Waals surface area contributed by atoms with Gasteiger partial charge in [-0.25, -0.2) is 14.4 Å². The lowest BCUT2D eigenvalue weighted by Gasteiger charge is -2.10. The first-order chi connectivity index (χ1) is 15.0. The molecular formula is C25H21FN4O. The SMILES string of the molecule is Cc1ccc(NC(=O)c2ccc(Nc3ccnc(-c4ccc(F)cc4)n3)cc2)cc1C. The molecule has 0 atom stereocenters. The van der Waals surface area contributed by atoms with Crippen molar-refractivity contribution >= 4 is 23.1 Å². The average molecular weight is 412 g/mol. The maximum Gasteiger partial charge on any atom is 0.255 e. The van der Waals surface area contributed by atoms with Crippen molar-refractivity contribution in [1.82, 2.24) is 9.97 Å². The summed E-state index contributed by atoms with van der Waals surface area (Å²) >= 11 is 0. The average Bonchev–Trinajstić information content (AvgIpc) is 2.77. The molecule has 6 heteroatoms. The molecular weight excluding hydrogens is 391 g/mol. The number of hydrogen-bond donors (Lipinski definition) is 2. The molecule has 0 unspecified atom stereocenters. The highest BCUT2D eigenvalue weighted by Gasteiger charge is 2.08. The lowest BCUT2D eigenvalue weighted by Crippen LogP contribution is -2.12. The highest BCUT2D eigenvalue weighted by atomic mass is 19.1. The molecule has 4 aromatic rings. The number of hydrogen-bond acceptors (Lipinski definition) is 4. The molecule has 1 heterocycles. The summed E-state index contributed by atoms with van der Waals surface area (Å²) in [5.41, 5.74) is 5.14. The normalized spacial score (nSPS) is 10.5. The number of carbonyl (C=O) groups is 1. The van der Waals surface area contributed by atoms with E-state index in [1.807, 2.05) is 44.2 Å². The standard InChI is InChI=1S/C25H21FN4O/c1-16-3-10-22(15-17(16)2)29-25(31)19-6-11-21(12-7-19)28-23-13-14-27-24(30-23)18-4-8-20(26)9-5-18/h3-15H,1-2H3,(H,29,31)(H,27,28,30). The largest absolute Gasteiger partial charge is 0.340 e. The Balaban J connectivity index is 1.45. The monoisotopic (exact) mass is 412 g/mol. The topological polar surface area (TPSA) is 66.9 Å². The van der Waals surface area contributed by atoms with E-state index in [0.29, 0.717) is 17.2 Å². The van der Waals surface area contributed by atoms with E-state index in [9.17, 15) is 9.18 Å². The fourth-order valence-corrected chi connectivity index (χ4v) is 3.04. The van der Waals surface area contributed by atoms with Gasteiger partial charge in [-0.05, 0) is 91.7 Å². The summed E-state index contributed by atoms with van der Waals surface area (Å²) < 4.78 is 13.1. The Morgan fingerprint density at radius 2 is 1.55 bits per heavy atom. The maximum atomic E-state index is 13.1. The molecule has 0 saturated heterocycles. The highest BCUT2D eigenvalue weighted by molar-refractivity contribution is 6.04. The number of aryl methyl sites for hydroxylation is 2. The summed E-state index contributed by atoms with van der Waals surface area (Å²) in [6.07, 6.45) is 1.64.